The van der Waals surface area contributed by atoms with Gasteiger partial charge in [0.15, 0.2) is 5.78 Å². The van der Waals surface area contributed by atoms with E-state index in [2.05, 4.69) is 9.98 Å². The second-order valence-electron chi connectivity index (χ2n) is 2.27. The normalized spacial score (nSPS) is 22.2. The maximum atomic E-state index is 11.0. The fourth-order valence-corrected chi connectivity index (χ4v) is 1.10. The Labute approximate surface area is 58.2 Å². The third-order valence-corrected chi connectivity index (χ3v) is 1.62. The van der Waals surface area contributed by atoms with E-state index in [1.165, 1.54) is 0 Å². The van der Waals surface area contributed by atoms with Crippen LogP contribution in [-0.2, 0) is 4.79 Å². The number of rotatable bonds is 0. The van der Waals surface area contributed by atoms with Crippen LogP contribution in [0.3, 0.4) is 0 Å². The first-order valence-electron chi connectivity index (χ1n) is 3.16. The Bertz CT molecular complexity index is 273. The second kappa shape index (κ2) is 1.87. The Hall–Kier alpha value is -1.25. The van der Waals surface area contributed by atoms with Gasteiger partial charge >= 0.3 is 0 Å². The minimum absolute atomic E-state index is 0.120. The summed E-state index contributed by atoms with van der Waals surface area (Å²) in [5.74, 6) is 0.120. The highest BCUT2D eigenvalue weighted by atomic mass is 16.1. The largest absolute Gasteiger partial charge is 0.292 e. The highest BCUT2D eigenvalue weighted by Crippen LogP contribution is 2.17. The quantitative estimate of drug-likeness (QED) is 0.472. The molecule has 0 N–H and O–H groups in total. The fraction of sp³-hybridized carbons (Fsp3) is 0.286. The van der Waals surface area contributed by atoms with Gasteiger partial charge in [0.25, 0.3) is 0 Å². The molecule has 2 aliphatic rings. The zero-order valence-electron chi connectivity index (χ0n) is 5.37. The van der Waals surface area contributed by atoms with Gasteiger partial charge in [-0.05, 0) is 0 Å². The van der Waals surface area contributed by atoms with Crippen molar-refractivity contribution >= 4 is 18.2 Å². The van der Waals surface area contributed by atoms with E-state index >= 15 is 0 Å². The van der Waals surface area contributed by atoms with E-state index in [9.17, 15) is 4.79 Å². The van der Waals surface area contributed by atoms with Crippen molar-refractivity contribution in [3.63, 3.8) is 0 Å². The van der Waals surface area contributed by atoms with Gasteiger partial charge in [0.05, 0.1) is 5.70 Å². The van der Waals surface area contributed by atoms with Crippen LogP contribution in [0.4, 0.5) is 0 Å². The molecule has 0 spiro atoms. The van der Waals surface area contributed by atoms with Gasteiger partial charge in [-0.15, -0.1) is 0 Å². The summed E-state index contributed by atoms with van der Waals surface area (Å²) in [6, 6.07) is 0. The Morgan fingerprint density at radius 3 is 3.20 bits per heavy atom. The lowest BCUT2D eigenvalue weighted by atomic mass is 10.1. The van der Waals surface area contributed by atoms with Gasteiger partial charge in [-0.25, -0.2) is 0 Å². The van der Waals surface area contributed by atoms with Gasteiger partial charge in [-0.1, -0.05) is 0 Å². The highest BCUT2D eigenvalue weighted by molar-refractivity contribution is 6.09. The van der Waals surface area contributed by atoms with Gasteiger partial charge in [0, 0.05) is 24.4 Å². The maximum absolute atomic E-state index is 11.0. The van der Waals surface area contributed by atoms with Crippen LogP contribution in [0.5, 0.6) is 0 Å². The van der Waals surface area contributed by atoms with Crippen LogP contribution in [0.2, 0.25) is 0 Å². The van der Waals surface area contributed by atoms with E-state index in [0.29, 0.717) is 13.0 Å². The molecule has 3 heteroatoms. The summed E-state index contributed by atoms with van der Waals surface area (Å²) in [7, 11) is 0. The molecule has 3 nitrogen and oxygen atoms in total. The van der Waals surface area contributed by atoms with Crippen molar-refractivity contribution in [2.75, 3.05) is 6.54 Å². The number of hydrogen-bond acceptors (Lipinski definition) is 3. The molecule has 0 fully saturated rings. The average Bonchev–Trinajstić information content (AvgIpc) is 2.36. The summed E-state index contributed by atoms with van der Waals surface area (Å²) in [6.07, 6.45) is 4.11. The second-order valence-corrected chi connectivity index (χ2v) is 2.27. The lowest BCUT2D eigenvalue weighted by molar-refractivity contribution is -0.114. The molecule has 0 aromatic heterocycles. The molecule has 0 aliphatic carbocycles. The van der Waals surface area contributed by atoms with E-state index in [4.69, 9.17) is 0 Å². The number of dihydropyridines is 1. The number of carbonyl (C=O) groups excluding carboxylic acids is 1. The van der Waals surface area contributed by atoms with E-state index in [1.54, 1.807) is 12.4 Å². The summed E-state index contributed by atoms with van der Waals surface area (Å²) >= 11 is 0. The standard InChI is InChI=1S/C7H6N2O/c10-7-4-8-3-6-5(7)1-2-9-6/h2-3H,1,4H2. The van der Waals surface area contributed by atoms with Gasteiger partial charge in [0.2, 0.25) is 0 Å². The van der Waals surface area contributed by atoms with Crippen molar-refractivity contribution in [2.24, 2.45) is 9.98 Å². The number of Topliss-reactive ketones (excluding diaryl/α,β-unsaturated/α-hetero) is 1. The molecule has 0 bridgehead atoms. The van der Waals surface area contributed by atoms with Gasteiger partial charge in [0.1, 0.15) is 6.54 Å². The van der Waals surface area contributed by atoms with Crippen LogP contribution >= 0.6 is 0 Å². The summed E-state index contributed by atoms with van der Waals surface area (Å²) in [5.41, 5.74) is 1.59. The SMILES string of the molecule is O=C1CN=CC2=C1CC=N2. The van der Waals surface area contributed by atoms with Crippen LogP contribution in [-0.4, -0.2) is 24.8 Å². The van der Waals surface area contributed by atoms with Gasteiger partial charge < -0.3 is 0 Å². The van der Waals surface area contributed by atoms with Crippen molar-refractivity contribution in [1.82, 2.24) is 0 Å². The van der Waals surface area contributed by atoms with Crippen molar-refractivity contribution < 1.29 is 4.79 Å². The van der Waals surface area contributed by atoms with Crippen LogP contribution in [0.15, 0.2) is 21.3 Å². The third-order valence-electron chi connectivity index (χ3n) is 1.62. The number of allylic oxidation sites excluding steroid dienone is 1. The number of hydrogen-bond donors (Lipinski definition) is 0. The molecule has 2 heterocycles. The molecule has 0 saturated carbocycles. The van der Waals surface area contributed by atoms with Crippen LogP contribution < -0.4 is 0 Å². The lowest BCUT2D eigenvalue weighted by Crippen LogP contribution is -2.11. The third kappa shape index (κ3) is 0.635. The first-order valence-corrected chi connectivity index (χ1v) is 3.16. The molecule has 2 aliphatic heterocycles. The molecular formula is C7H6N2O. The zero-order valence-corrected chi connectivity index (χ0v) is 5.37. The first-order chi connectivity index (χ1) is 4.88. The molecule has 0 aromatic carbocycles. The molecular weight excluding hydrogens is 128 g/mol. The molecule has 0 atom stereocenters. The fourth-order valence-electron chi connectivity index (χ4n) is 1.10. The highest BCUT2D eigenvalue weighted by Gasteiger charge is 2.19. The molecule has 10 heavy (non-hydrogen) atoms. The average molecular weight is 134 g/mol. The first kappa shape index (κ1) is 5.53. The van der Waals surface area contributed by atoms with E-state index < -0.39 is 0 Å². The number of aliphatic imine (C=N–C) groups is 2. The molecule has 0 saturated heterocycles. The molecule has 0 unspecified atom stereocenters. The van der Waals surface area contributed by atoms with Crippen molar-refractivity contribution in [2.45, 2.75) is 6.42 Å². The van der Waals surface area contributed by atoms with Crippen LogP contribution in [0, 0.1) is 0 Å². The summed E-state index contributed by atoms with van der Waals surface area (Å²) in [6.45, 7) is 0.308. The minimum atomic E-state index is 0.120. The van der Waals surface area contributed by atoms with Crippen LogP contribution in [0.25, 0.3) is 0 Å². The summed E-state index contributed by atoms with van der Waals surface area (Å²) in [4.78, 5) is 18.9. The van der Waals surface area contributed by atoms with Crippen molar-refractivity contribution in [1.29, 1.82) is 0 Å². The Balaban J connectivity index is 2.45. The minimum Gasteiger partial charge on any atom is -0.292 e. The topological polar surface area (TPSA) is 41.8 Å². The van der Waals surface area contributed by atoms with E-state index in [0.717, 1.165) is 11.3 Å². The van der Waals surface area contributed by atoms with Crippen molar-refractivity contribution in [3.05, 3.63) is 11.3 Å². The Morgan fingerprint density at radius 1 is 1.50 bits per heavy atom. The lowest BCUT2D eigenvalue weighted by Gasteiger charge is -2.03. The van der Waals surface area contributed by atoms with E-state index in [-0.39, 0.29) is 5.78 Å². The summed E-state index contributed by atoms with van der Waals surface area (Å²) < 4.78 is 0. The maximum Gasteiger partial charge on any atom is 0.182 e. The van der Waals surface area contributed by atoms with Gasteiger partial charge in [-0.2, -0.15) is 0 Å². The van der Waals surface area contributed by atoms with Crippen LogP contribution in [0.1, 0.15) is 6.42 Å². The molecule has 0 aromatic rings. The number of carbonyl (C=O) groups is 1. The number of ketones is 1. The number of nitrogens with zero attached hydrogens (tertiary/aromatic N) is 2. The monoisotopic (exact) mass is 134 g/mol. The summed E-state index contributed by atoms with van der Waals surface area (Å²) in [5, 5.41) is 0. The zero-order chi connectivity index (χ0) is 6.97. The predicted molar refractivity (Wildman–Crippen MR) is 38.5 cm³/mol. The van der Waals surface area contributed by atoms with Gasteiger partial charge in [-0.3, -0.25) is 14.8 Å². The predicted octanol–water partition coefficient (Wildman–Crippen LogP) is 0.369. The molecule has 0 amide bonds. The van der Waals surface area contributed by atoms with E-state index in [1.807, 2.05) is 0 Å². The molecule has 0 radical (unpaired) electrons. The van der Waals surface area contributed by atoms with Crippen molar-refractivity contribution in [3.8, 4) is 0 Å². The smallest absolute Gasteiger partial charge is 0.182 e. The Morgan fingerprint density at radius 2 is 2.40 bits per heavy atom. The Kier molecular flexibility index (Phi) is 1.03. The molecule has 2 rings (SSSR count). The molecule has 50 valence electrons.